The number of hydrogen-bond acceptors (Lipinski definition) is 4. The van der Waals surface area contributed by atoms with Crippen LogP contribution in [-0.2, 0) is 19.6 Å². The van der Waals surface area contributed by atoms with E-state index in [1.54, 1.807) is 23.5 Å². The maximum Gasteiger partial charge on any atom is 0.202 e. The van der Waals surface area contributed by atoms with Gasteiger partial charge in [-0.2, -0.15) is 0 Å². The van der Waals surface area contributed by atoms with Crippen molar-refractivity contribution in [1.29, 1.82) is 0 Å². The third-order valence-electron chi connectivity index (χ3n) is 4.54. The standard InChI is InChI=1S/C21H23NO3S/c1-15-12-19(16(2)22(15)10-9-18-7-5-11-26-18)20(24)14-25-21-8-4-3-6-17(21)13-23/h3-8,11-12,23H,9-10,13-14H2,1-2H3. The van der Waals surface area contributed by atoms with Crippen LogP contribution in [0.2, 0.25) is 0 Å². The van der Waals surface area contributed by atoms with Gasteiger partial charge in [0.1, 0.15) is 5.75 Å². The van der Waals surface area contributed by atoms with Gasteiger partial charge < -0.3 is 14.4 Å². The zero-order valence-corrected chi connectivity index (χ0v) is 15.9. The summed E-state index contributed by atoms with van der Waals surface area (Å²) < 4.78 is 7.84. The van der Waals surface area contributed by atoms with Crippen molar-refractivity contribution in [3.63, 3.8) is 0 Å². The number of aliphatic hydroxyl groups excluding tert-OH is 1. The molecule has 2 heterocycles. The topological polar surface area (TPSA) is 51.5 Å². The first-order chi connectivity index (χ1) is 12.6. The Bertz CT molecular complexity index is 881. The summed E-state index contributed by atoms with van der Waals surface area (Å²) in [6, 6.07) is 13.4. The van der Waals surface area contributed by atoms with Crippen LogP contribution in [0.15, 0.2) is 47.8 Å². The van der Waals surface area contributed by atoms with Crippen LogP contribution < -0.4 is 4.74 Å². The number of carbonyl (C=O) groups excluding carboxylic acids is 1. The molecule has 0 aliphatic rings. The zero-order valence-electron chi connectivity index (χ0n) is 15.1. The molecule has 0 aliphatic heterocycles. The summed E-state index contributed by atoms with van der Waals surface area (Å²) in [6.07, 6.45) is 0.960. The van der Waals surface area contributed by atoms with Crippen molar-refractivity contribution < 1.29 is 14.6 Å². The molecule has 0 unspecified atom stereocenters. The summed E-state index contributed by atoms with van der Waals surface area (Å²) in [5, 5.41) is 11.4. The Morgan fingerprint density at radius 3 is 2.73 bits per heavy atom. The molecule has 0 atom stereocenters. The normalized spacial score (nSPS) is 10.9. The number of ether oxygens (including phenoxy) is 1. The van der Waals surface area contributed by atoms with Gasteiger partial charge in [0.05, 0.1) is 6.61 Å². The van der Waals surface area contributed by atoms with Gasteiger partial charge in [-0.3, -0.25) is 4.79 Å². The van der Waals surface area contributed by atoms with Gasteiger partial charge in [0.2, 0.25) is 5.78 Å². The number of thiophene rings is 1. The molecule has 0 amide bonds. The van der Waals surface area contributed by atoms with E-state index in [1.165, 1.54) is 4.88 Å². The Kier molecular flexibility index (Phi) is 5.91. The quantitative estimate of drug-likeness (QED) is 0.607. The Hall–Kier alpha value is -2.37. The number of aromatic nitrogens is 1. The number of benzene rings is 1. The highest BCUT2D eigenvalue weighted by Gasteiger charge is 2.17. The van der Waals surface area contributed by atoms with E-state index in [9.17, 15) is 9.90 Å². The molecule has 3 aromatic rings. The number of rotatable bonds is 8. The molecule has 0 saturated carbocycles. The number of ketones is 1. The van der Waals surface area contributed by atoms with Gasteiger partial charge in [-0.15, -0.1) is 11.3 Å². The van der Waals surface area contributed by atoms with Crippen molar-refractivity contribution in [3.05, 3.63) is 75.2 Å². The van der Waals surface area contributed by atoms with Gasteiger partial charge in [0.15, 0.2) is 6.61 Å². The van der Waals surface area contributed by atoms with Crippen LogP contribution in [0.1, 0.15) is 32.2 Å². The van der Waals surface area contributed by atoms with Gasteiger partial charge in [0.25, 0.3) is 0 Å². The van der Waals surface area contributed by atoms with Crippen LogP contribution in [0.5, 0.6) is 5.75 Å². The molecule has 0 aliphatic carbocycles. The molecule has 5 heteroatoms. The largest absolute Gasteiger partial charge is 0.485 e. The van der Waals surface area contributed by atoms with Gasteiger partial charge in [-0.1, -0.05) is 24.3 Å². The Morgan fingerprint density at radius 1 is 1.19 bits per heavy atom. The van der Waals surface area contributed by atoms with Gasteiger partial charge in [0, 0.05) is 33.9 Å². The monoisotopic (exact) mass is 369 g/mol. The first kappa shape index (κ1) is 18.4. The number of nitrogens with zero attached hydrogens (tertiary/aromatic N) is 1. The second-order valence-electron chi connectivity index (χ2n) is 6.24. The third kappa shape index (κ3) is 4.06. The van der Waals surface area contributed by atoms with Crippen molar-refractivity contribution in [2.75, 3.05) is 6.61 Å². The first-order valence-corrected chi connectivity index (χ1v) is 9.52. The molecule has 3 rings (SSSR count). The summed E-state index contributed by atoms with van der Waals surface area (Å²) in [7, 11) is 0. The average molecular weight is 369 g/mol. The summed E-state index contributed by atoms with van der Waals surface area (Å²) in [5.41, 5.74) is 3.44. The molecule has 0 saturated heterocycles. The number of aryl methyl sites for hydroxylation is 2. The number of hydrogen-bond donors (Lipinski definition) is 1. The lowest BCUT2D eigenvalue weighted by Gasteiger charge is -2.10. The van der Waals surface area contributed by atoms with Crippen LogP contribution in [0.3, 0.4) is 0 Å². The van der Waals surface area contributed by atoms with Crippen LogP contribution in [0, 0.1) is 13.8 Å². The molecule has 26 heavy (non-hydrogen) atoms. The summed E-state index contributed by atoms with van der Waals surface area (Å²) in [5.74, 6) is 0.503. The number of carbonyl (C=O) groups is 1. The fraction of sp³-hybridized carbons (Fsp3) is 0.286. The molecule has 2 aromatic heterocycles. The van der Waals surface area contributed by atoms with Crippen LogP contribution >= 0.6 is 11.3 Å². The lowest BCUT2D eigenvalue weighted by Crippen LogP contribution is -2.14. The lowest BCUT2D eigenvalue weighted by atomic mass is 10.1. The van der Waals surface area contributed by atoms with Crippen molar-refractivity contribution >= 4 is 17.1 Å². The first-order valence-electron chi connectivity index (χ1n) is 8.64. The van der Waals surface area contributed by atoms with E-state index in [2.05, 4.69) is 22.1 Å². The van der Waals surface area contributed by atoms with Gasteiger partial charge in [-0.05, 0) is 43.8 Å². The fourth-order valence-electron chi connectivity index (χ4n) is 3.10. The highest BCUT2D eigenvalue weighted by atomic mass is 32.1. The minimum Gasteiger partial charge on any atom is -0.485 e. The number of para-hydroxylation sites is 1. The van der Waals surface area contributed by atoms with E-state index in [4.69, 9.17) is 4.74 Å². The molecule has 1 aromatic carbocycles. The Morgan fingerprint density at radius 2 is 2.00 bits per heavy atom. The minimum atomic E-state index is -0.110. The van der Waals surface area contributed by atoms with Crippen molar-refractivity contribution in [3.8, 4) is 5.75 Å². The average Bonchev–Trinajstić information content (AvgIpc) is 3.26. The SMILES string of the molecule is Cc1cc(C(=O)COc2ccccc2CO)c(C)n1CCc1cccs1. The maximum absolute atomic E-state index is 12.6. The lowest BCUT2D eigenvalue weighted by molar-refractivity contribution is 0.0918. The molecule has 0 spiro atoms. The number of Topliss-reactive ketones (excluding diaryl/α,β-unsaturated/α-hetero) is 1. The molecular formula is C21H23NO3S. The van der Waals surface area contributed by atoms with Gasteiger partial charge in [-0.25, -0.2) is 0 Å². The van der Waals surface area contributed by atoms with Crippen LogP contribution in [-0.4, -0.2) is 22.1 Å². The third-order valence-corrected chi connectivity index (χ3v) is 5.47. The number of aliphatic hydroxyl groups is 1. The van der Waals surface area contributed by atoms with E-state index in [0.29, 0.717) is 16.9 Å². The highest BCUT2D eigenvalue weighted by Crippen LogP contribution is 2.21. The summed E-state index contributed by atoms with van der Waals surface area (Å²) in [6.45, 7) is 4.73. The molecule has 1 N–H and O–H groups in total. The van der Waals surface area contributed by atoms with E-state index >= 15 is 0 Å². The minimum absolute atomic E-state index is 0.0355. The molecule has 4 nitrogen and oxygen atoms in total. The van der Waals surface area contributed by atoms with E-state index in [0.717, 1.165) is 24.4 Å². The maximum atomic E-state index is 12.6. The Labute approximate surface area is 157 Å². The van der Waals surface area contributed by atoms with E-state index in [-0.39, 0.29) is 19.0 Å². The summed E-state index contributed by atoms with van der Waals surface area (Å²) >= 11 is 1.76. The van der Waals surface area contributed by atoms with E-state index < -0.39 is 0 Å². The fourth-order valence-corrected chi connectivity index (χ4v) is 3.80. The molecule has 0 bridgehead atoms. The van der Waals surface area contributed by atoms with Crippen molar-refractivity contribution in [1.82, 2.24) is 4.57 Å². The Balaban J connectivity index is 1.68. The predicted octanol–water partition coefficient (Wildman–Crippen LogP) is 4.16. The zero-order chi connectivity index (χ0) is 18.5. The molecule has 0 fully saturated rings. The smallest absolute Gasteiger partial charge is 0.202 e. The van der Waals surface area contributed by atoms with Gasteiger partial charge >= 0.3 is 0 Å². The second kappa shape index (κ2) is 8.34. The van der Waals surface area contributed by atoms with Crippen molar-refractivity contribution in [2.24, 2.45) is 0 Å². The highest BCUT2D eigenvalue weighted by molar-refractivity contribution is 7.09. The van der Waals surface area contributed by atoms with Crippen LogP contribution in [0.25, 0.3) is 0 Å². The summed E-state index contributed by atoms with van der Waals surface area (Å²) in [4.78, 5) is 14.0. The predicted molar refractivity (Wildman–Crippen MR) is 104 cm³/mol. The molecular weight excluding hydrogens is 346 g/mol. The molecule has 136 valence electrons. The second-order valence-corrected chi connectivity index (χ2v) is 7.28. The van der Waals surface area contributed by atoms with E-state index in [1.807, 2.05) is 32.0 Å². The van der Waals surface area contributed by atoms with Crippen LogP contribution in [0.4, 0.5) is 0 Å². The molecule has 0 radical (unpaired) electrons. The van der Waals surface area contributed by atoms with Crippen molar-refractivity contribution in [2.45, 2.75) is 33.4 Å².